The minimum absolute atomic E-state index is 0. The van der Waals surface area contributed by atoms with Crippen LogP contribution in [-0.2, 0) is 16.1 Å². The fraction of sp³-hybridized carbons (Fsp3) is 0.619. The fourth-order valence-corrected chi connectivity index (χ4v) is 3.71. The molecule has 2 aliphatic heterocycles. The maximum absolute atomic E-state index is 12.3. The number of amides is 1. The molecular formula is C21H34IN5O2. The zero-order chi connectivity index (χ0) is 19.6. The summed E-state index contributed by atoms with van der Waals surface area (Å²) in [5, 5.41) is 3.38. The van der Waals surface area contributed by atoms with Crippen molar-refractivity contribution in [1.29, 1.82) is 0 Å². The SMILES string of the molecule is CN=C(NCCOCc1ccccc1)N1CCN(CC(=O)N2CCCC2)CC1.I. The number of rotatable bonds is 7. The van der Waals surface area contributed by atoms with Gasteiger partial charge in [-0.15, -0.1) is 24.0 Å². The molecule has 0 aliphatic carbocycles. The van der Waals surface area contributed by atoms with Gasteiger partial charge in [-0.3, -0.25) is 14.7 Å². The molecule has 2 aliphatic rings. The third kappa shape index (κ3) is 7.75. The predicted molar refractivity (Wildman–Crippen MR) is 127 cm³/mol. The lowest BCUT2D eigenvalue weighted by molar-refractivity contribution is -0.131. The smallest absolute Gasteiger partial charge is 0.236 e. The van der Waals surface area contributed by atoms with E-state index in [2.05, 4.69) is 32.2 Å². The van der Waals surface area contributed by atoms with Gasteiger partial charge in [0, 0.05) is 52.9 Å². The van der Waals surface area contributed by atoms with Crippen LogP contribution in [0.5, 0.6) is 0 Å². The van der Waals surface area contributed by atoms with Crippen molar-refractivity contribution in [2.45, 2.75) is 19.4 Å². The highest BCUT2D eigenvalue weighted by molar-refractivity contribution is 14.0. The molecule has 0 unspecified atom stereocenters. The quantitative estimate of drug-likeness (QED) is 0.259. The third-order valence-electron chi connectivity index (χ3n) is 5.34. The second-order valence-electron chi connectivity index (χ2n) is 7.36. The molecule has 0 bridgehead atoms. The third-order valence-corrected chi connectivity index (χ3v) is 5.34. The molecule has 0 saturated carbocycles. The summed E-state index contributed by atoms with van der Waals surface area (Å²) in [7, 11) is 1.82. The number of hydrogen-bond acceptors (Lipinski definition) is 4. The van der Waals surface area contributed by atoms with Crippen LogP contribution in [-0.4, -0.2) is 92.6 Å². The molecule has 29 heavy (non-hydrogen) atoms. The Labute approximate surface area is 191 Å². The van der Waals surface area contributed by atoms with Crippen LogP contribution in [0.15, 0.2) is 35.3 Å². The van der Waals surface area contributed by atoms with Gasteiger partial charge < -0.3 is 19.9 Å². The molecule has 8 heteroatoms. The van der Waals surface area contributed by atoms with Crippen molar-refractivity contribution in [3.63, 3.8) is 0 Å². The molecule has 0 atom stereocenters. The first kappa shape index (κ1) is 23.9. The summed E-state index contributed by atoms with van der Waals surface area (Å²) in [6.07, 6.45) is 2.30. The number of halogens is 1. The number of hydrogen-bond donors (Lipinski definition) is 1. The van der Waals surface area contributed by atoms with Gasteiger partial charge in [-0.2, -0.15) is 0 Å². The lowest BCUT2D eigenvalue weighted by atomic mass is 10.2. The van der Waals surface area contributed by atoms with E-state index in [1.54, 1.807) is 0 Å². The second-order valence-corrected chi connectivity index (χ2v) is 7.36. The molecule has 1 aromatic rings. The van der Waals surface area contributed by atoms with Gasteiger partial charge in [0.2, 0.25) is 5.91 Å². The second kappa shape index (κ2) is 13.0. The number of ether oxygens (including phenoxy) is 1. The number of aliphatic imine (C=N–C) groups is 1. The van der Waals surface area contributed by atoms with E-state index in [1.165, 1.54) is 5.56 Å². The highest BCUT2D eigenvalue weighted by atomic mass is 127. The molecule has 1 N–H and O–H groups in total. The maximum Gasteiger partial charge on any atom is 0.236 e. The summed E-state index contributed by atoms with van der Waals surface area (Å²) in [6.45, 7) is 7.97. The molecule has 0 aromatic heterocycles. The summed E-state index contributed by atoms with van der Waals surface area (Å²) in [5.41, 5.74) is 1.19. The molecule has 0 spiro atoms. The summed E-state index contributed by atoms with van der Waals surface area (Å²) >= 11 is 0. The maximum atomic E-state index is 12.3. The van der Waals surface area contributed by atoms with Gasteiger partial charge in [0.05, 0.1) is 19.8 Å². The van der Waals surface area contributed by atoms with Gasteiger partial charge in [0.25, 0.3) is 0 Å². The van der Waals surface area contributed by atoms with Crippen molar-refractivity contribution < 1.29 is 9.53 Å². The number of carbonyl (C=O) groups excluding carboxylic acids is 1. The largest absolute Gasteiger partial charge is 0.375 e. The summed E-state index contributed by atoms with van der Waals surface area (Å²) in [5.74, 6) is 1.19. The number of piperazine rings is 1. The van der Waals surface area contributed by atoms with Gasteiger partial charge in [-0.05, 0) is 18.4 Å². The monoisotopic (exact) mass is 515 g/mol. The number of carbonyl (C=O) groups is 1. The Balaban J connectivity index is 0.00000300. The van der Waals surface area contributed by atoms with Gasteiger partial charge in [0.1, 0.15) is 0 Å². The number of likely N-dealkylation sites (tertiary alicyclic amines) is 1. The zero-order valence-corrected chi connectivity index (χ0v) is 19.7. The number of benzene rings is 1. The Morgan fingerprint density at radius 2 is 1.72 bits per heavy atom. The van der Waals surface area contributed by atoms with E-state index in [1.807, 2.05) is 30.1 Å². The van der Waals surface area contributed by atoms with Crippen LogP contribution < -0.4 is 5.32 Å². The van der Waals surface area contributed by atoms with Crippen LogP contribution in [0.2, 0.25) is 0 Å². The van der Waals surface area contributed by atoms with Gasteiger partial charge in [0.15, 0.2) is 5.96 Å². The Bertz CT molecular complexity index is 629. The van der Waals surface area contributed by atoms with Crippen LogP contribution in [0.4, 0.5) is 0 Å². The van der Waals surface area contributed by atoms with E-state index in [4.69, 9.17) is 4.74 Å². The molecule has 2 heterocycles. The van der Waals surface area contributed by atoms with Gasteiger partial charge in [-0.1, -0.05) is 30.3 Å². The van der Waals surface area contributed by atoms with Crippen LogP contribution >= 0.6 is 24.0 Å². The van der Waals surface area contributed by atoms with Crippen molar-refractivity contribution >= 4 is 35.8 Å². The number of guanidine groups is 1. The van der Waals surface area contributed by atoms with Crippen LogP contribution in [0, 0.1) is 0 Å². The molecule has 1 amide bonds. The normalized spacial score (nSPS) is 17.9. The van der Waals surface area contributed by atoms with Crippen molar-refractivity contribution in [3.05, 3.63) is 35.9 Å². The first-order chi connectivity index (χ1) is 13.8. The Morgan fingerprint density at radius 1 is 1.03 bits per heavy atom. The van der Waals surface area contributed by atoms with Crippen molar-refractivity contribution in [1.82, 2.24) is 20.0 Å². The standard InChI is InChI=1S/C21H33N5O2.HI/c1-22-21(23-9-16-28-18-19-7-3-2-4-8-19)26-14-12-24(13-15-26)17-20(27)25-10-5-6-11-25;/h2-4,7-8H,5-6,9-18H2,1H3,(H,22,23);1H. The molecule has 0 radical (unpaired) electrons. The van der Waals surface area contributed by atoms with Gasteiger partial charge >= 0.3 is 0 Å². The van der Waals surface area contributed by atoms with Crippen LogP contribution in [0.1, 0.15) is 18.4 Å². The molecular weight excluding hydrogens is 481 g/mol. The van der Waals surface area contributed by atoms with Crippen LogP contribution in [0.3, 0.4) is 0 Å². The Hall–Kier alpha value is -1.39. The minimum atomic E-state index is 0. The van der Waals surface area contributed by atoms with Crippen molar-refractivity contribution in [3.8, 4) is 0 Å². The fourth-order valence-electron chi connectivity index (χ4n) is 3.71. The molecule has 2 saturated heterocycles. The average Bonchev–Trinajstić information content (AvgIpc) is 3.27. The van der Waals surface area contributed by atoms with Crippen molar-refractivity contribution in [2.75, 3.05) is 66.0 Å². The number of nitrogens with one attached hydrogen (secondary N) is 1. The first-order valence-corrected chi connectivity index (χ1v) is 10.3. The van der Waals surface area contributed by atoms with E-state index in [9.17, 15) is 4.79 Å². The van der Waals surface area contributed by atoms with Crippen molar-refractivity contribution in [2.24, 2.45) is 4.99 Å². The topological polar surface area (TPSA) is 60.4 Å². The summed E-state index contributed by atoms with van der Waals surface area (Å²) in [6, 6.07) is 10.2. The van der Waals surface area contributed by atoms with Crippen LogP contribution in [0.25, 0.3) is 0 Å². The average molecular weight is 515 g/mol. The van der Waals surface area contributed by atoms with E-state index in [0.29, 0.717) is 19.8 Å². The minimum Gasteiger partial charge on any atom is -0.375 e. The highest BCUT2D eigenvalue weighted by Gasteiger charge is 2.24. The van der Waals surface area contributed by atoms with E-state index >= 15 is 0 Å². The molecule has 2 fully saturated rings. The Kier molecular flexibility index (Phi) is 10.7. The molecule has 162 valence electrons. The highest BCUT2D eigenvalue weighted by Crippen LogP contribution is 2.09. The van der Waals surface area contributed by atoms with Gasteiger partial charge in [-0.25, -0.2) is 0 Å². The molecule has 3 rings (SSSR count). The summed E-state index contributed by atoms with van der Waals surface area (Å²) < 4.78 is 5.73. The van der Waals surface area contributed by atoms with E-state index < -0.39 is 0 Å². The lowest BCUT2D eigenvalue weighted by Crippen LogP contribution is -2.54. The molecule has 1 aromatic carbocycles. The first-order valence-electron chi connectivity index (χ1n) is 10.3. The molecule has 7 nitrogen and oxygen atoms in total. The number of nitrogens with zero attached hydrogens (tertiary/aromatic N) is 4. The Morgan fingerprint density at radius 3 is 2.38 bits per heavy atom. The predicted octanol–water partition coefficient (Wildman–Crippen LogP) is 1.64. The lowest BCUT2D eigenvalue weighted by Gasteiger charge is -2.36. The summed E-state index contributed by atoms with van der Waals surface area (Å²) in [4.78, 5) is 23.2. The zero-order valence-electron chi connectivity index (χ0n) is 17.4. The van der Waals surface area contributed by atoms with E-state index in [-0.39, 0.29) is 29.9 Å². The van der Waals surface area contributed by atoms with E-state index in [0.717, 1.165) is 64.6 Å².